The molecule has 3 aromatic rings. The highest BCUT2D eigenvalue weighted by Gasteiger charge is 2.32. The first kappa shape index (κ1) is 18.3. The summed E-state index contributed by atoms with van der Waals surface area (Å²) in [6.45, 7) is 12.2. The summed E-state index contributed by atoms with van der Waals surface area (Å²) in [5.41, 5.74) is 2.44. The molecule has 0 N–H and O–H groups in total. The Balaban J connectivity index is 1.81. The van der Waals surface area contributed by atoms with Gasteiger partial charge in [0.1, 0.15) is 11.2 Å². The standard InChI is InChI=1S/C20H27N5OS/c1-6-24(7-2)19(26)16-22-17-15-13-9-8-12(20(3,4)5)10-14(13)27-18(15)21-11-25(17)23-16/h11-12H,6-10H2,1-5H3. The maximum absolute atomic E-state index is 12.7. The van der Waals surface area contributed by atoms with Crippen LogP contribution in [0.1, 0.15) is 62.1 Å². The average molecular weight is 386 g/mol. The molecule has 1 amide bonds. The van der Waals surface area contributed by atoms with Gasteiger partial charge in [0.05, 0.1) is 5.39 Å². The minimum atomic E-state index is -0.117. The van der Waals surface area contributed by atoms with Crippen molar-refractivity contribution in [3.8, 4) is 0 Å². The molecule has 0 spiro atoms. The van der Waals surface area contributed by atoms with Gasteiger partial charge in [0.15, 0.2) is 5.65 Å². The lowest BCUT2D eigenvalue weighted by Gasteiger charge is -2.33. The molecule has 4 rings (SSSR count). The highest BCUT2D eigenvalue weighted by molar-refractivity contribution is 7.19. The molecular formula is C20H27N5OS. The number of rotatable bonds is 3. The Bertz CT molecular complexity index is 1010. The predicted molar refractivity (Wildman–Crippen MR) is 108 cm³/mol. The average Bonchev–Trinajstić information content (AvgIpc) is 3.21. The zero-order chi connectivity index (χ0) is 19.3. The van der Waals surface area contributed by atoms with Gasteiger partial charge in [-0.25, -0.2) is 14.5 Å². The third-order valence-electron chi connectivity index (χ3n) is 5.85. The van der Waals surface area contributed by atoms with Crippen molar-refractivity contribution in [2.75, 3.05) is 13.1 Å². The summed E-state index contributed by atoms with van der Waals surface area (Å²) in [5, 5.41) is 5.51. The Hall–Kier alpha value is -2.02. The van der Waals surface area contributed by atoms with Gasteiger partial charge in [0.2, 0.25) is 5.82 Å². The zero-order valence-corrected chi connectivity index (χ0v) is 17.6. The second-order valence-electron chi connectivity index (χ2n) is 8.42. The monoisotopic (exact) mass is 385 g/mol. The number of nitrogens with zero attached hydrogens (tertiary/aromatic N) is 5. The van der Waals surface area contributed by atoms with Crippen molar-refractivity contribution in [3.05, 3.63) is 22.6 Å². The summed E-state index contributed by atoms with van der Waals surface area (Å²) in [4.78, 5) is 26.1. The second kappa shape index (κ2) is 6.55. The van der Waals surface area contributed by atoms with Crippen LogP contribution in [0.4, 0.5) is 0 Å². The lowest BCUT2D eigenvalue weighted by Crippen LogP contribution is -2.31. The Morgan fingerprint density at radius 1 is 1.33 bits per heavy atom. The minimum Gasteiger partial charge on any atom is -0.336 e. The van der Waals surface area contributed by atoms with Crippen molar-refractivity contribution < 1.29 is 4.79 Å². The number of aromatic nitrogens is 4. The molecule has 0 bridgehead atoms. The Morgan fingerprint density at radius 2 is 2.07 bits per heavy atom. The number of fused-ring (bicyclic) bond motifs is 5. The normalized spacial score (nSPS) is 17.4. The van der Waals surface area contributed by atoms with E-state index in [1.807, 2.05) is 13.8 Å². The number of thiophene rings is 1. The number of hydrogen-bond acceptors (Lipinski definition) is 5. The highest BCUT2D eigenvalue weighted by atomic mass is 32.1. The quantitative estimate of drug-likeness (QED) is 0.684. The molecule has 144 valence electrons. The van der Waals surface area contributed by atoms with Gasteiger partial charge in [0, 0.05) is 18.0 Å². The molecule has 6 nitrogen and oxygen atoms in total. The summed E-state index contributed by atoms with van der Waals surface area (Å²) in [6.07, 6.45) is 5.02. The SMILES string of the molecule is CCN(CC)C(=O)c1nc2c3c4c(sc3ncn2n1)CC(C(C)(C)C)CC4. The summed E-state index contributed by atoms with van der Waals surface area (Å²) in [6, 6.07) is 0. The van der Waals surface area contributed by atoms with Crippen LogP contribution in [-0.2, 0) is 12.8 Å². The molecule has 3 heterocycles. The van der Waals surface area contributed by atoms with E-state index in [4.69, 9.17) is 0 Å². The van der Waals surface area contributed by atoms with Crippen molar-refractivity contribution in [2.45, 2.75) is 53.9 Å². The summed E-state index contributed by atoms with van der Waals surface area (Å²) in [7, 11) is 0. The van der Waals surface area contributed by atoms with E-state index < -0.39 is 0 Å². The van der Waals surface area contributed by atoms with Crippen LogP contribution in [-0.4, -0.2) is 43.5 Å². The molecule has 3 aromatic heterocycles. The van der Waals surface area contributed by atoms with Crippen LogP contribution in [0.15, 0.2) is 6.33 Å². The van der Waals surface area contributed by atoms with E-state index in [2.05, 4.69) is 35.8 Å². The Morgan fingerprint density at radius 3 is 2.74 bits per heavy atom. The van der Waals surface area contributed by atoms with Crippen LogP contribution in [0, 0.1) is 11.3 Å². The molecule has 7 heteroatoms. The summed E-state index contributed by atoms with van der Waals surface area (Å²) < 4.78 is 1.67. The first-order valence-electron chi connectivity index (χ1n) is 9.78. The van der Waals surface area contributed by atoms with E-state index in [1.54, 1.807) is 27.1 Å². The van der Waals surface area contributed by atoms with Gasteiger partial charge in [-0.1, -0.05) is 20.8 Å². The molecule has 1 atom stereocenters. The maximum atomic E-state index is 12.7. The van der Waals surface area contributed by atoms with Crippen molar-refractivity contribution in [1.29, 1.82) is 0 Å². The van der Waals surface area contributed by atoms with E-state index in [-0.39, 0.29) is 11.7 Å². The zero-order valence-electron chi connectivity index (χ0n) is 16.7. The van der Waals surface area contributed by atoms with Gasteiger partial charge in [-0.2, -0.15) is 0 Å². The largest absolute Gasteiger partial charge is 0.336 e. The summed E-state index contributed by atoms with van der Waals surface area (Å²) >= 11 is 1.78. The fraction of sp³-hybridized carbons (Fsp3) is 0.600. The third kappa shape index (κ3) is 3.02. The first-order valence-corrected chi connectivity index (χ1v) is 10.6. The van der Waals surface area contributed by atoms with E-state index in [0.29, 0.717) is 24.4 Å². The Kier molecular flexibility index (Phi) is 4.45. The van der Waals surface area contributed by atoms with Crippen LogP contribution in [0.2, 0.25) is 0 Å². The minimum absolute atomic E-state index is 0.117. The van der Waals surface area contributed by atoms with Crippen molar-refractivity contribution in [1.82, 2.24) is 24.5 Å². The van der Waals surface area contributed by atoms with Crippen molar-refractivity contribution in [3.63, 3.8) is 0 Å². The van der Waals surface area contributed by atoms with Gasteiger partial charge in [0.25, 0.3) is 5.91 Å². The molecule has 1 aliphatic carbocycles. The topological polar surface area (TPSA) is 63.4 Å². The lowest BCUT2D eigenvalue weighted by atomic mass is 9.72. The lowest BCUT2D eigenvalue weighted by molar-refractivity contribution is 0.0761. The van der Waals surface area contributed by atoms with E-state index in [9.17, 15) is 4.79 Å². The first-order chi connectivity index (χ1) is 12.8. The fourth-order valence-electron chi connectivity index (χ4n) is 4.06. The maximum Gasteiger partial charge on any atom is 0.293 e. The van der Waals surface area contributed by atoms with Crippen molar-refractivity contribution in [2.24, 2.45) is 11.3 Å². The molecule has 1 unspecified atom stereocenters. The number of amides is 1. The molecular weight excluding hydrogens is 358 g/mol. The number of carbonyl (C=O) groups excluding carboxylic acids is 1. The number of aryl methyl sites for hydroxylation is 1. The number of carbonyl (C=O) groups is 1. The fourth-order valence-corrected chi connectivity index (χ4v) is 5.32. The van der Waals surface area contributed by atoms with Crippen LogP contribution in [0.25, 0.3) is 15.9 Å². The molecule has 0 radical (unpaired) electrons. The second-order valence-corrected chi connectivity index (χ2v) is 9.50. The smallest absolute Gasteiger partial charge is 0.293 e. The van der Waals surface area contributed by atoms with E-state index in [0.717, 1.165) is 28.7 Å². The molecule has 1 aliphatic rings. The van der Waals surface area contributed by atoms with Crippen LogP contribution in [0.5, 0.6) is 0 Å². The molecule has 0 aromatic carbocycles. The Labute approximate surface area is 163 Å². The molecule has 0 saturated carbocycles. The van der Waals surface area contributed by atoms with Crippen molar-refractivity contribution >= 4 is 33.1 Å². The number of hydrogen-bond donors (Lipinski definition) is 0. The van der Waals surface area contributed by atoms with Gasteiger partial charge in [-0.05, 0) is 50.0 Å². The molecule has 0 aliphatic heterocycles. The van der Waals surface area contributed by atoms with Gasteiger partial charge < -0.3 is 4.90 Å². The molecule has 27 heavy (non-hydrogen) atoms. The van der Waals surface area contributed by atoms with Gasteiger partial charge >= 0.3 is 0 Å². The predicted octanol–water partition coefficient (Wildman–Crippen LogP) is 3.97. The van der Waals surface area contributed by atoms with Crippen LogP contribution in [0.3, 0.4) is 0 Å². The molecule has 0 fully saturated rings. The van der Waals surface area contributed by atoms with E-state index in [1.165, 1.54) is 16.9 Å². The van der Waals surface area contributed by atoms with E-state index >= 15 is 0 Å². The third-order valence-corrected chi connectivity index (χ3v) is 7.01. The summed E-state index contributed by atoms with van der Waals surface area (Å²) in [5.74, 6) is 0.830. The van der Waals surface area contributed by atoms with Gasteiger partial charge in [-0.3, -0.25) is 4.79 Å². The van der Waals surface area contributed by atoms with Crippen LogP contribution >= 0.6 is 11.3 Å². The van der Waals surface area contributed by atoms with Crippen LogP contribution < -0.4 is 0 Å². The molecule has 0 saturated heterocycles. The highest BCUT2D eigenvalue weighted by Crippen LogP contribution is 2.43. The van der Waals surface area contributed by atoms with Gasteiger partial charge in [-0.15, -0.1) is 16.4 Å².